The van der Waals surface area contributed by atoms with Gasteiger partial charge in [-0.2, -0.15) is 0 Å². The van der Waals surface area contributed by atoms with Crippen LogP contribution in [0.1, 0.15) is 22.8 Å². The van der Waals surface area contributed by atoms with E-state index in [1.807, 2.05) is 19.1 Å². The predicted octanol–water partition coefficient (Wildman–Crippen LogP) is 3.61. The molecule has 0 atom stereocenters. The van der Waals surface area contributed by atoms with E-state index >= 15 is 0 Å². The van der Waals surface area contributed by atoms with Crippen LogP contribution in [0.3, 0.4) is 0 Å². The van der Waals surface area contributed by atoms with Crippen molar-refractivity contribution in [2.45, 2.75) is 13.3 Å². The molecule has 0 aromatic heterocycles. The number of aryl methyl sites for hydroxylation is 1. The van der Waals surface area contributed by atoms with Crippen LogP contribution >= 0.6 is 0 Å². The number of carboxylic acids is 1. The number of fused-ring (bicyclic) bond motifs is 1. The van der Waals surface area contributed by atoms with Gasteiger partial charge in [-0.15, -0.1) is 0 Å². The van der Waals surface area contributed by atoms with E-state index in [4.69, 9.17) is 5.11 Å². The van der Waals surface area contributed by atoms with Crippen molar-refractivity contribution in [2.75, 3.05) is 0 Å². The molecule has 2 aliphatic rings. The van der Waals surface area contributed by atoms with Crippen LogP contribution in [-0.2, 0) is 6.42 Å². The minimum Gasteiger partial charge on any atom is -0.478 e. The highest BCUT2D eigenvalue weighted by atomic mass is 16.4. The van der Waals surface area contributed by atoms with Crippen LogP contribution in [-0.4, -0.2) is 11.1 Å². The summed E-state index contributed by atoms with van der Waals surface area (Å²) >= 11 is 0. The van der Waals surface area contributed by atoms with E-state index in [0.717, 1.165) is 12.0 Å². The number of aromatic carboxylic acids is 1. The molecule has 2 heteroatoms. The maximum atomic E-state index is 10.6. The number of hydrogen-bond acceptors (Lipinski definition) is 1. The molecule has 0 fully saturated rings. The van der Waals surface area contributed by atoms with Gasteiger partial charge in [0.25, 0.3) is 0 Å². The van der Waals surface area contributed by atoms with Gasteiger partial charge in [-0.3, -0.25) is 0 Å². The van der Waals surface area contributed by atoms with Crippen LogP contribution < -0.4 is 0 Å². The Kier molecular flexibility index (Phi) is 3.24. The van der Waals surface area contributed by atoms with Gasteiger partial charge in [-0.05, 0) is 29.2 Å². The summed E-state index contributed by atoms with van der Waals surface area (Å²) in [5.74, 6) is -0.845. The van der Waals surface area contributed by atoms with E-state index in [1.165, 1.54) is 11.1 Å². The molecule has 0 spiro atoms. The summed E-state index contributed by atoms with van der Waals surface area (Å²) in [6, 6.07) is 15.5. The van der Waals surface area contributed by atoms with Gasteiger partial charge in [-0.1, -0.05) is 49.4 Å². The van der Waals surface area contributed by atoms with E-state index in [-0.39, 0.29) is 0 Å². The Morgan fingerprint density at radius 1 is 1.00 bits per heavy atom. The molecule has 86 valence electrons. The van der Waals surface area contributed by atoms with Crippen molar-refractivity contribution in [3.63, 3.8) is 0 Å². The third-order valence-electron chi connectivity index (χ3n) is 2.85. The Bertz CT molecular complexity index is 506. The van der Waals surface area contributed by atoms with Crippen molar-refractivity contribution in [1.82, 2.24) is 0 Å². The zero-order valence-electron chi connectivity index (χ0n) is 9.68. The lowest BCUT2D eigenvalue weighted by molar-refractivity contribution is 0.0696. The summed E-state index contributed by atoms with van der Waals surface area (Å²) in [5, 5.41) is 8.70. The fourth-order valence-electron chi connectivity index (χ4n) is 1.70. The molecule has 0 bridgehead atoms. The lowest BCUT2D eigenvalue weighted by Gasteiger charge is -2.10. The van der Waals surface area contributed by atoms with Crippen LogP contribution in [0.4, 0.5) is 0 Å². The molecule has 0 radical (unpaired) electrons. The standard InChI is InChI=1S/C9H10O2.C6H4/c1-2-7-5-3-4-6-8(7)9(10)11;1-2-6-4-3-5(1)6/h3-6H,2H2,1H3,(H,10,11);1-4H. The summed E-state index contributed by atoms with van der Waals surface area (Å²) < 4.78 is 0. The maximum absolute atomic E-state index is 10.6. The Morgan fingerprint density at radius 2 is 1.53 bits per heavy atom. The highest BCUT2D eigenvalue weighted by Crippen LogP contribution is 2.29. The van der Waals surface area contributed by atoms with Crippen molar-refractivity contribution in [2.24, 2.45) is 0 Å². The van der Waals surface area contributed by atoms with Crippen LogP contribution in [0, 0.1) is 0 Å². The molecular formula is C15H14O2. The van der Waals surface area contributed by atoms with Gasteiger partial charge in [0.05, 0.1) is 5.56 Å². The second kappa shape index (κ2) is 4.83. The van der Waals surface area contributed by atoms with Crippen molar-refractivity contribution in [3.05, 3.63) is 59.7 Å². The van der Waals surface area contributed by atoms with Gasteiger partial charge in [0.1, 0.15) is 0 Å². The SMILES string of the molecule is CCc1ccccc1C(=O)O.c1cc2ccc1-2. The molecule has 0 amide bonds. The first-order valence-corrected chi connectivity index (χ1v) is 5.64. The first-order chi connectivity index (χ1) is 8.22. The molecule has 1 aromatic carbocycles. The van der Waals surface area contributed by atoms with Gasteiger partial charge >= 0.3 is 5.97 Å². The molecule has 0 aliphatic heterocycles. The highest BCUT2D eigenvalue weighted by molar-refractivity contribution is 5.89. The summed E-state index contributed by atoms with van der Waals surface area (Å²) in [6.07, 6.45) is 0.766. The average molecular weight is 226 g/mol. The predicted molar refractivity (Wildman–Crippen MR) is 68.2 cm³/mol. The topological polar surface area (TPSA) is 37.3 Å². The monoisotopic (exact) mass is 226 g/mol. The minimum absolute atomic E-state index is 0.412. The normalized spacial score (nSPS) is 10.2. The Hall–Kier alpha value is -2.09. The average Bonchev–Trinajstić information content (AvgIpc) is 2.34. The first kappa shape index (κ1) is 11.4. The molecule has 0 unspecified atom stereocenters. The summed E-state index contributed by atoms with van der Waals surface area (Å²) in [4.78, 5) is 10.6. The maximum Gasteiger partial charge on any atom is 0.335 e. The number of carbonyl (C=O) groups is 1. The van der Waals surface area contributed by atoms with Crippen LogP contribution in [0.5, 0.6) is 0 Å². The third-order valence-corrected chi connectivity index (χ3v) is 2.85. The lowest BCUT2D eigenvalue weighted by Crippen LogP contribution is -2.00. The van der Waals surface area contributed by atoms with Gasteiger partial charge in [0, 0.05) is 0 Å². The lowest BCUT2D eigenvalue weighted by atomic mass is 9.95. The minimum atomic E-state index is -0.845. The Balaban J connectivity index is 0.000000148. The number of carboxylic acid groups (broad SMARTS) is 1. The zero-order chi connectivity index (χ0) is 12.3. The van der Waals surface area contributed by atoms with E-state index in [1.54, 1.807) is 12.1 Å². The van der Waals surface area contributed by atoms with Gasteiger partial charge < -0.3 is 5.11 Å². The van der Waals surface area contributed by atoms with E-state index in [2.05, 4.69) is 24.3 Å². The van der Waals surface area contributed by atoms with Gasteiger partial charge in [0.2, 0.25) is 0 Å². The molecule has 0 saturated carbocycles. The molecule has 2 aliphatic carbocycles. The van der Waals surface area contributed by atoms with Crippen molar-refractivity contribution < 1.29 is 9.90 Å². The molecule has 1 aromatic rings. The number of rotatable bonds is 2. The van der Waals surface area contributed by atoms with Crippen molar-refractivity contribution in [1.29, 1.82) is 0 Å². The zero-order valence-corrected chi connectivity index (χ0v) is 9.68. The van der Waals surface area contributed by atoms with Gasteiger partial charge in [-0.25, -0.2) is 4.79 Å². The van der Waals surface area contributed by atoms with Crippen LogP contribution in [0.25, 0.3) is 11.1 Å². The molecular weight excluding hydrogens is 212 g/mol. The third kappa shape index (κ3) is 2.36. The first-order valence-electron chi connectivity index (χ1n) is 5.64. The fraction of sp³-hybridized carbons (Fsp3) is 0.133. The second-order valence-electron chi connectivity index (χ2n) is 3.89. The molecule has 0 saturated heterocycles. The fourth-order valence-corrected chi connectivity index (χ4v) is 1.70. The highest BCUT2D eigenvalue weighted by Gasteiger charge is 2.05. The summed E-state index contributed by atoms with van der Waals surface area (Å²) in [5.41, 5.74) is 4.15. The largest absolute Gasteiger partial charge is 0.478 e. The second-order valence-corrected chi connectivity index (χ2v) is 3.89. The van der Waals surface area contributed by atoms with E-state index in [9.17, 15) is 4.79 Å². The van der Waals surface area contributed by atoms with Gasteiger partial charge in [0.15, 0.2) is 0 Å². The number of hydrogen-bond donors (Lipinski definition) is 1. The molecule has 0 heterocycles. The molecule has 1 N–H and O–H groups in total. The number of benzene rings is 2. The van der Waals surface area contributed by atoms with E-state index < -0.39 is 5.97 Å². The Labute approximate surface area is 101 Å². The van der Waals surface area contributed by atoms with Crippen molar-refractivity contribution in [3.8, 4) is 11.1 Å². The summed E-state index contributed by atoms with van der Waals surface area (Å²) in [7, 11) is 0. The van der Waals surface area contributed by atoms with Crippen molar-refractivity contribution >= 4 is 5.97 Å². The van der Waals surface area contributed by atoms with E-state index in [0.29, 0.717) is 5.56 Å². The summed E-state index contributed by atoms with van der Waals surface area (Å²) in [6.45, 7) is 1.95. The van der Waals surface area contributed by atoms with Crippen LogP contribution in [0.15, 0.2) is 48.5 Å². The molecule has 3 rings (SSSR count). The molecule has 2 nitrogen and oxygen atoms in total. The quantitative estimate of drug-likeness (QED) is 0.724. The smallest absolute Gasteiger partial charge is 0.335 e. The van der Waals surface area contributed by atoms with Crippen LogP contribution in [0.2, 0.25) is 0 Å². The Morgan fingerprint density at radius 3 is 1.82 bits per heavy atom. The molecule has 17 heavy (non-hydrogen) atoms.